The average molecular weight is 551 g/mol. The Kier molecular flexibility index (Phi) is 9.44. The van der Waals surface area contributed by atoms with Crippen molar-refractivity contribution < 1.29 is 14.1 Å². The van der Waals surface area contributed by atoms with Gasteiger partial charge in [0.25, 0.3) is 0 Å². The molecule has 0 saturated carbocycles. The van der Waals surface area contributed by atoms with Crippen LogP contribution in [-0.2, 0) is 16.1 Å². The number of aromatic nitrogens is 2. The van der Waals surface area contributed by atoms with E-state index in [2.05, 4.69) is 37.8 Å². The van der Waals surface area contributed by atoms with E-state index >= 15 is 0 Å². The lowest BCUT2D eigenvalue weighted by molar-refractivity contribution is -0.144. The van der Waals surface area contributed by atoms with E-state index in [1.165, 1.54) is 0 Å². The highest BCUT2D eigenvalue weighted by molar-refractivity contribution is 6.30. The predicted molar refractivity (Wildman–Crippen MR) is 153 cm³/mol. The van der Waals surface area contributed by atoms with Gasteiger partial charge in [-0.25, -0.2) is 0 Å². The molecule has 1 fully saturated rings. The molecule has 0 bridgehead atoms. The van der Waals surface area contributed by atoms with Gasteiger partial charge < -0.3 is 14.3 Å². The second-order valence-electron chi connectivity index (χ2n) is 11.9. The Morgan fingerprint density at radius 3 is 2.51 bits per heavy atom. The van der Waals surface area contributed by atoms with E-state index in [0.717, 1.165) is 36.8 Å². The summed E-state index contributed by atoms with van der Waals surface area (Å²) in [4.78, 5) is 35.4. The molecule has 8 heteroatoms. The second kappa shape index (κ2) is 12.8. The predicted octanol–water partition coefficient (Wildman–Crippen LogP) is 6.93. The van der Waals surface area contributed by atoms with Crippen molar-refractivity contribution in [1.82, 2.24) is 19.9 Å². The van der Waals surface area contributed by atoms with E-state index in [-0.39, 0.29) is 35.7 Å². The Labute approximate surface area is 236 Å². The van der Waals surface area contributed by atoms with E-state index in [0.29, 0.717) is 36.2 Å². The van der Waals surface area contributed by atoms with Crippen LogP contribution in [0.15, 0.2) is 59.1 Å². The summed E-state index contributed by atoms with van der Waals surface area (Å²) >= 11 is 6.01. The quantitative estimate of drug-likeness (QED) is 0.288. The summed E-state index contributed by atoms with van der Waals surface area (Å²) in [6.07, 6.45) is 3.95. The Hall–Kier alpha value is -3.19. The van der Waals surface area contributed by atoms with E-state index in [4.69, 9.17) is 16.1 Å². The fourth-order valence-electron chi connectivity index (χ4n) is 5.41. The van der Waals surface area contributed by atoms with E-state index in [9.17, 15) is 9.59 Å². The fraction of sp³-hybridized carbons (Fsp3) is 0.484. The zero-order chi connectivity index (χ0) is 28.0. The molecule has 2 amide bonds. The zero-order valence-corrected chi connectivity index (χ0v) is 24.2. The number of benzene rings is 2. The van der Waals surface area contributed by atoms with Crippen LogP contribution in [0, 0.1) is 11.3 Å². The van der Waals surface area contributed by atoms with E-state index in [1.807, 2.05) is 47.4 Å². The van der Waals surface area contributed by atoms with Gasteiger partial charge in [0.1, 0.15) is 12.6 Å². The first-order valence-electron chi connectivity index (χ1n) is 13.8. The molecule has 2 atom stereocenters. The van der Waals surface area contributed by atoms with Gasteiger partial charge in [0.2, 0.25) is 23.5 Å². The van der Waals surface area contributed by atoms with Gasteiger partial charge in [0.15, 0.2) is 0 Å². The molecule has 0 aliphatic carbocycles. The molecule has 1 aromatic heterocycles. The van der Waals surface area contributed by atoms with Crippen molar-refractivity contribution in [3.63, 3.8) is 0 Å². The molecule has 0 spiro atoms. The largest absolute Gasteiger partial charge is 0.337 e. The molecule has 4 rings (SSSR count). The maximum Gasteiger partial charge on any atom is 0.249 e. The number of hydrogen-bond donors (Lipinski definition) is 0. The molecule has 7 nitrogen and oxygen atoms in total. The van der Waals surface area contributed by atoms with Crippen LogP contribution < -0.4 is 0 Å². The monoisotopic (exact) mass is 550 g/mol. The van der Waals surface area contributed by atoms with Crippen LogP contribution in [0.5, 0.6) is 0 Å². The first-order valence-corrected chi connectivity index (χ1v) is 14.2. The van der Waals surface area contributed by atoms with E-state index in [1.54, 1.807) is 17.0 Å². The number of carbonyl (C=O) groups is 2. The number of likely N-dealkylation sites (tertiary alicyclic amines) is 1. The molecule has 0 radical (unpaired) electrons. The normalized spacial score (nSPS) is 16.6. The molecule has 2 aromatic carbocycles. The molecular weight excluding hydrogens is 512 g/mol. The number of hydrogen-bond acceptors (Lipinski definition) is 5. The minimum atomic E-state index is -0.312. The number of halogens is 1. The molecule has 1 aliphatic heterocycles. The smallest absolute Gasteiger partial charge is 0.249 e. The number of amides is 2. The van der Waals surface area contributed by atoms with Crippen LogP contribution in [0.1, 0.15) is 77.3 Å². The fourth-order valence-corrected chi connectivity index (χ4v) is 5.53. The highest BCUT2D eigenvalue weighted by Gasteiger charge is 2.34. The van der Waals surface area contributed by atoms with Crippen LogP contribution in [0.2, 0.25) is 5.02 Å². The average Bonchev–Trinajstić information content (AvgIpc) is 3.38. The molecule has 208 valence electrons. The van der Waals surface area contributed by atoms with Gasteiger partial charge in [0, 0.05) is 30.1 Å². The zero-order valence-electron chi connectivity index (χ0n) is 23.4. The SMILES string of the molecule is CC(CC(=O)N(CC(=O)N1CCCCC1c1nc(-c2ccc(Cl)cc2)no1)Cc1ccccc1)CC(C)(C)C. The number of piperidine rings is 1. The van der Waals surface area contributed by atoms with Crippen LogP contribution in [0.3, 0.4) is 0 Å². The molecule has 0 N–H and O–H groups in total. The van der Waals surface area contributed by atoms with Gasteiger partial charge in [-0.15, -0.1) is 0 Å². The third kappa shape index (κ3) is 8.15. The number of nitrogens with zero attached hydrogens (tertiary/aromatic N) is 4. The van der Waals surface area contributed by atoms with Crippen molar-refractivity contribution in [2.75, 3.05) is 13.1 Å². The number of carbonyl (C=O) groups excluding carboxylic acids is 2. The highest BCUT2D eigenvalue weighted by atomic mass is 35.5. The lowest BCUT2D eigenvalue weighted by Crippen LogP contribution is -2.46. The summed E-state index contributed by atoms with van der Waals surface area (Å²) in [6.45, 7) is 9.68. The lowest BCUT2D eigenvalue weighted by atomic mass is 9.84. The Balaban J connectivity index is 1.50. The standard InChI is InChI=1S/C31H39ClN4O3/c1-22(19-31(2,3)4)18-27(37)35(20-23-10-6-5-7-11-23)21-28(38)36-17-9-8-12-26(36)30-33-29(34-39-30)24-13-15-25(32)16-14-24/h5-7,10-11,13-16,22,26H,8-9,12,17-21H2,1-4H3. The Morgan fingerprint density at radius 1 is 1.10 bits per heavy atom. The van der Waals surface area contributed by atoms with Crippen LogP contribution in [-0.4, -0.2) is 44.8 Å². The van der Waals surface area contributed by atoms with Gasteiger partial charge >= 0.3 is 0 Å². The third-order valence-corrected chi connectivity index (χ3v) is 7.28. The topological polar surface area (TPSA) is 79.5 Å². The summed E-state index contributed by atoms with van der Waals surface area (Å²) in [5.74, 6) is 1.01. The van der Waals surface area contributed by atoms with Gasteiger partial charge in [-0.1, -0.05) is 74.8 Å². The third-order valence-electron chi connectivity index (χ3n) is 7.03. The Morgan fingerprint density at radius 2 is 1.82 bits per heavy atom. The summed E-state index contributed by atoms with van der Waals surface area (Å²) in [7, 11) is 0. The van der Waals surface area contributed by atoms with Crippen molar-refractivity contribution in [3.05, 3.63) is 71.1 Å². The van der Waals surface area contributed by atoms with E-state index < -0.39 is 0 Å². The maximum atomic E-state index is 13.7. The molecule has 2 unspecified atom stereocenters. The first kappa shape index (κ1) is 28.8. The molecule has 1 saturated heterocycles. The minimum absolute atomic E-state index is 0.000303. The van der Waals surface area contributed by atoms with Crippen LogP contribution in [0.4, 0.5) is 0 Å². The molecule has 3 aromatic rings. The van der Waals surface area contributed by atoms with Crippen LogP contribution in [0.25, 0.3) is 11.4 Å². The van der Waals surface area contributed by atoms with Crippen molar-refractivity contribution in [2.45, 2.75) is 72.4 Å². The van der Waals surface area contributed by atoms with Gasteiger partial charge in [-0.2, -0.15) is 4.98 Å². The van der Waals surface area contributed by atoms with Gasteiger partial charge in [0.05, 0.1) is 0 Å². The van der Waals surface area contributed by atoms with Crippen molar-refractivity contribution in [1.29, 1.82) is 0 Å². The first-order chi connectivity index (χ1) is 18.6. The molecular formula is C31H39ClN4O3. The second-order valence-corrected chi connectivity index (χ2v) is 12.3. The minimum Gasteiger partial charge on any atom is -0.337 e. The summed E-state index contributed by atoms with van der Waals surface area (Å²) < 4.78 is 5.65. The van der Waals surface area contributed by atoms with Crippen molar-refractivity contribution >= 4 is 23.4 Å². The molecule has 2 heterocycles. The lowest BCUT2D eigenvalue weighted by Gasteiger charge is -2.35. The highest BCUT2D eigenvalue weighted by Crippen LogP contribution is 2.32. The summed E-state index contributed by atoms with van der Waals surface area (Å²) in [5, 5.41) is 4.79. The van der Waals surface area contributed by atoms with Gasteiger partial charge in [-0.05, 0) is 66.8 Å². The Bertz CT molecular complexity index is 1240. The van der Waals surface area contributed by atoms with Crippen LogP contribution >= 0.6 is 11.6 Å². The molecule has 39 heavy (non-hydrogen) atoms. The van der Waals surface area contributed by atoms with Crippen molar-refractivity contribution in [3.8, 4) is 11.4 Å². The molecule has 1 aliphatic rings. The van der Waals surface area contributed by atoms with Gasteiger partial charge in [-0.3, -0.25) is 9.59 Å². The maximum absolute atomic E-state index is 13.7. The van der Waals surface area contributed by atoms with Crippen molar-refractivity contribution in [2.24, 2.45) is 11.3 Å². The summed E-state index contributed by atoms with van der Waals surface area (Å²) in [5.41, 5.74) is 1.93. The summed E-state index contributed by atoms with van der Waals surface area (Å²) in [6, 6.07) is 16.8. The number of rotatable bonds is 9.